The molecule has 5 nitrogen and oxygen atoms in total. The van der Waals surface area contributed by atoms with E-state index in [2.05, 4.69) is 10.1 Å². The summed E-state index contributed by atoms with van der Waals surface area (Å²) < 4.78 is 1.70. The molecule has 1 aromatic carbocycles. The fourth-order valence-corrected chi connectivity index (χ4v) is 2.01. The summed E-state index contributed by atoms with van der Waals surface area (Å²) in [6.07, 6.45) is 4.81. The van der Waals surface area contributed by atoms with Gasteiger partial charge in [-0.05, 0) is 38.5 Å². The van der Waals surface area contributed by atoms with Crippen molar-refractivity contribution < 1.29 is 4.79 Å². The third kappa shape index (κ3) is 3.56. The molecule has 110 valence electrons. The number of allylic oxidation sites excluding steroid dienone is 1. The number of rotatable bonds is 4. The molecule has 0 aliphatic heterocycles. The largest absolute Gasteiger partial charge is 0.335 e. The highest BCUT2D eigenvalue weighted by Crippen LogP contribution is 2.20. The van der Waals surface area contributed by atoms with Crippen LogP contribution in [0.3, 0.4) is 0 Å². The first-order valence-electron chi connectivity index (χ1n) is 6.85. The Morgan fingerprint density at radius 1 is 1.29 bits per heavy atom. The molecule has 0 unspecified atom stereocenters. The zero-order valence-electron chi connectivity index (χ0n) is 12.8. The normalized spacial score (nSPS) is 11.8. The first-order valence-corrected chi connectivity index (χ1v) is 6.85. The molecule has 0 bridgehead atoms. The predicted molar refractivity (Wildman–Crippen MR) is 82.0 cm³/mol. The van der Waals surface area contributed by atoms with Crippen molar-refractivity contribution in [3.05, 3.63) is 54.1 Å². The highest BCUT2D eigenvalue weighted by atomic mass is 16.2. The summed E-state index contributed by atoms with van der Waals surface area (Å²) in [7, 11) is 1.82. The second-order valence-corrected chi connectivity index (χ2v) is 5.28. The third-order valence-electron chi connectivity index (χ3n) is 3.40. The van der Waals surface area contributed by atoms with Crippen LogP contribution >= 0.6 is 0 Å². The van der Waals surface area contributed by atoms with Gasteiger partial charge in [0.15, 0.2) is 0 Å². The van der Waals surface area contributed by atoms with Crippen molar-refractivity contribution >= 4 is 5.91 Å². The number of aromatic nitrogens is 3. The monoisotopic (exact) mass is 284 g/mol. The molecule has 0 aliphatic rings. The van der Waals surface area contributed by atoms with Gasteiger partial charge in [0, 0.05) is 13.1 Å². The lowest BCUT2D eigenvalue weighted by molar-refractivity contribution is -0.126. The Labute approximate surface area is 124 Å². The van der Waals surface area contributed by atoms with Gasteiger partial charge in [0.1, 0.15) is 12.7 Å². The van der Waals surface area contributed by atoms with Crippen LogP contribution in [0, 0.1) is 0 Å². The molecule has 1 aromatic heterocycles. The molecule has 2 aromatic rings. The number of nitrogens with zero attached hydrogens (tertiary/aromatic N) is 4. The van der Waals surface area contributed by atoms with Gasteiger partial charge in [-0.25, -0.2) is 9.67 Å². The lowest BCUT2D eigenvalue weighted by Gasteiger charge is -2.24. The molecule has 0 saturated carbocycles. The Bertz CT molecular complexity index is 625. The maximum absolute atomic E-state index is 12.0. The highest BCUT2D eigenvalue weighted by Gasteiger charge is 2.15. The molecule has 0 fully saturated rings. The molecule has 1 heterocycles. The maximum atomic E-state index is 12.0. The second-order valence-electron chi connectivity index (χ2n) is 5.28. The van der Waals surface area contributed by atoms with Gasteiger partial charge in [0.05, 0.1) is 11.7 Å². The van der Waals surface area contributed by atoms with Gasteiger partial charge in [-0.15, -0.1) is 0 Å². The minimum Gasteiger partial charge on any atom is -0.335 e. The summed E-state index contributed by atoms with van der Waals surface area (Å²) >= 11 is 0. The Morgan fingerprint density at radius 3 is 2.48 bits per heavy atom. The zero-order valence-corrected chi connectivity index (χ0v) is 12.8. The quantitative estimate of drug-likeness (QED) is 0.811. The van der Waals surface area contributed by atoms with E-state index >= 15 is 0 Å². The SMILES string of the molecule is CC(C)=CC(=O)N(C)[C@H](C)c1ccc(-n2cncn2)cc1. The average Bonchev–Trinajstić information content (AvgIpc) is 2.99. The first-order chi connectivity index (χ1) is 9.99. The number of hydrogen-bond donors (Lipinski definition) is 0. The van der Waals surface area contributed by atoms with Crippen molar-refractivity contribution in [1.82, 2.24) is 19.7 Å². The second kappa shape index (κ2) is 6.35. The molecule has 0 saturated heterocycles. The van der Waals surface area contributed by atoms with E-state index < -0.39 is 0 Å². The van der Waals surface area contributed by atoms with Gasteiger partial charge in [0.2, 0.25) is 5.91 Å². The molecule has 0 N–H and O–H groups in total. The van der Waals surface area contributed by atoms with E-state index in [1.54, 1.807) is 22.0 Å². The van der Waals surface area contributed by atoms with Gasteiger partial charge >= 0.3 is 0 Å². The minimum atomic E-state index is 0.0119. The maximum Gasteiger partial charge on any atom is 0.246 e. The topological polar surface area (TPSA) is 51.0 Å². The van der Waals surface area contributed by atoms with Gasteiger partial charge in [-0.2, -0.15) is 5.10 Å². The van der Waals surface area contributed by atoms with E-state index in [4.69, 9.17) is 0 Å². The van der Waals surface area contributed by atoms with Crippen LogP contribution in [0.1, 0.15) is 32.4 Å². The average molecular weight is 284 g/mol. The van der Waals surface area contributed by atoms with E-state index in [1.807, 2.05) is 52.1 Å². The molecular weight excluding hydrogens is 264 g/mol. The van der Waals surface area contributed by atoms with Crippen LogP contribution in [0.25, 0.3) is 5.69 Å². The zero-order chi connectivity index (χ0) is 15.4. The summed E-state index contributed by atoms with van der Waals surface area (Å²) in [5, 5.41) is 4.09. The Morgan fingerprint density at radius 2 is 1.95 bits per heavy atom. The molecule has 0 radical (unpaired) electrons. The molecule has 1 amide bonds. The number of carbonyl (C=O) groups is 1. The Kier molecular flexibility index (Phi) is 4.52. The van der Waals surface area contributed by atoms with Crippen molar-refractivity contribution in [2.24, 2.45) is 0 Å². The molecular formula is C16H20N4O. The van der Waals surface area contributed by atoms with Crippen molar-refractivity contribution in [3.8, 4) is 5.69 Å². The molecule has 0 aliphatic carbocycles. The van der Waals surface area contributed by atoms with E-state index in [0.717, 1.165) is 16.8 Å². The van der Waals surface area contributed by atoms with Gasteiger partial charge in [0.25, 0.3) is 0 Å². The van der Waals surface area contributed by atoms with Crippen LogP contribution in [-0.4, -0.2) is 32.6 Å². The smallest absolute Gasteiger partial charge is 0.246 e. The predicted octanol–water partition coefficient (Wildman–Crippen LogP) is 2.75. The van der Waals surface area contributed by atoms with Crippen LogP contribution in [-0.2, 0) is 4.79 Å². The Balaban J connectivity index is 2.14. The molecule has 21 heavy (non-hydrogen) atoms. The fraction of sp³-hybridized carbons (Fsp3) is 0.312. The molecule has 2 rings (SSSR count). The lowest BCUT2D eigenvalue weighted by Crippen LogP contribution is -2.28. The number of benzene rings is 1. The third-order valence-corrected chi connectivity index (χ3v) is 3.40. The first kappa shape index (κ1) is 15.0. The number of amides is 1. The van der Waals surface area contributed by atoms with E-state index in [9.17, 15) is 4.79 Å². The van der Waals surface area contributed by atoms with Crippen LogP contribution in [0.4, 0.5) is 0 Å². The summed E-state index contributed by atoms with van der Waals surface area (Å²) in [5.74, 6) is 0.0165. The number of likely N-dealkylation sites (N-methyl/N-ethyl adjacent to an activating group) is 1. The van der Waals surface area contributed by atoms with Crippen molar-refractivity contribution in [2.75, 3.05) is 7.05 Å². The van der Waals surface area contributed by atoms with E-state index in [0.29, 0.717) is 0 Å². The fourth-order valence-electron chi connectivity index (χ4n) is 2.01. The van der Waals surface area contributed by atoms with Crippen molar-refractivity contribution in [3.63, 3.8) is 0 Å². The summed E-state index contributed by atoms with van der Waals surface area (Å²) in [6.45, 7) is 5.86. The lowest BCUT2D eigenvalue weighted by atomic mass is 10.1. The highest BCUT2D eigenvalue weighted by molar-refractivity contribution is 5.88. The molecule has 0 spiro atoms. The summed E-state index contributed by atoms with van der Waals surface area (Å²) in [6, 6.07) is 7.97. The number of hydrogen-bond acceptors (Lipinski definition) is 3. The van der Waals surface area contributed by atoms with Gasteiger partial charge in [-0.3, -0.25) is 4.79 Å². The Hall–Kier alpha value is -2.43. The van der Waals surface area contributed by atoms with Gasteiger partial charge < -0.3 is 4.90 Å². The van der Waals surface area contributed by atoms with Crippen molar-refractivity contribution in [1.29, 1.82) is 0 Å². The standard InChI is InChI=1S/C16H20N4O/c1-12(2)9-16(21)19(4)13(3)14-5-7-15(8-6-14)20-11-17-10-18-20/h5-11,13H,1-4H3/t13-/m1/s1. The summed E-state index contributed by atoms with van der Waals surface area (Å²) in [5.41, 5.74) is 3.03. The van der Waals surface area contributed by atoms with Crippen LogP contribution in [0.15, 0.2) is 48.6 Å². The van der Waals surface area contributed by atoms with E-state index in [-0.39, 0.29) is 11.9 Å². The minimum absolute atomic E-state index is 0.0119. The van der Waals surface area contributed by atoms with Crippen LogP contribution in [0.5, 0.6) is 0 Å². The molecule has 5 heteroatoms. The van der Waals surface area contributed by atoms with Crippen LogP contribution < -0.4 is 0 Å². The summed E-state index contributed by atoms with van der Waals surface area (Å²) in [4.78, 5) is 17.7. The van der Waals surface area contributed by atoms with Crippen LogP contribution in [0.2, 0.25) is 0 Å². The van der Waals surface area contributed by atoms with Gasteiger partial charge in [-0.1, -0.05) is 17.7 Å². The molecule has 1 atom stereocenters. The number of carbonyl (C=O) groups excluding carboxylic acids is 1. The van der Waals surface area contributed by atoms with E-state index in [1.165, 1.54) is 6.33 Å². The van der Waals surface area contributed by atoms with Crippen molar-refractivity contribution in [2.45, 2.75) is 26.8 Å².